The Morgan fingerprint density at radius 3 is 2.83 bits per heavy atom. The highest BCUT2D eigenvalue weighted by Gasteiger charge is 2.06. The van der Waals surface area contributed by atoms with E-state index < -0.39 is 0 Å². The monoisotopic (exact) mass is 302 g/mol. The van der Waals surface area contributed by atoms with Gasteiger partial charge >= 0.3 is 0 Å². The SMILES string of the molecule is CCSCCC(C)Nc1ccc(C(N)=S)c(Cl)c1. The normalized spacial score (nSPS) is 12.2. The molecule has 5 heteroatoms. The second-order valence-electron chi connectivity index (χ2n) is 4.09. The summed E-state index contributed by atoms with van der Waals surface area (Å²) < 4.78 is 0. The van der Waals surface area contributed by atoms with Gasteiger partial charge in [0.15, 0.2) is 0 Å². The van der Waals surface area contributed by atoms with Gasteiger partial charge in [0.2, 0.25) is 0 Å². The van der Waals surface area contributed by atoms with Crippen LogP contribution in [0, 0.1) is 0 Å². The number of thioether (sulfide) groups is 1. The molecule has 0 aliphatic carbocycles. The summed E-state index contributed by atoms with van der Waals surface area (Å²) in [6.07, 6.45) is 1.13. The second kappa shape index (κ2) is 7.87. The fourth-order valence-corrected chi connectivity index (χ4v) is 2.89. The van der Waals surface area contributed by atoms with Gasteiger partial charge in [-0.3, -0.25) is 0 Å². The van der Waals surface area contributed by atoms with Crippen molar-refractivity contribution in [2.75, 3.05) is 16.8 Å². The summed E-state index contributed by atoms with van der Waals surface area (Å²) in [4.78, 5) is 0.332. The van der Waals surface area contributed by atoms with Gasteiger partial charge in [-0.1, -0.05) is 30.7 Å². The molecule has 0 saturated heterocycles. The number of hydrogen-bond acceptors (Lipinski definition) is 3. The molecule has 3 N–H and O–H groups in total. The maximum absolute atomic E-state index is 6.12. The summed E-state index contributed by atoms with van der Waals surface area (Å²) in [6, 6.07) is 6.12. The molecule has 1 rings (SSSR count). The van der Waals surface area contributed by atoms with Crippen LogP contribution in [0.25, 0.3) is 0 Å². The van der Waals surface area contributed by atoms with E-state index in [0.29, 0.717) is 16.1 Å². The minimum Gasteiger partial charge on any atom is -0.389 e. The Morgan fingerprint density at radius 1 is 1.56 bits per heavy atom. The number of hydrogen-bond donors (Lipinski definition) is 2. The van der Waals surface area contributed by atoms with Gasteiger partial charge in [-0.25, -0.2) is 0 Å². The highest BCUT2D eigenvalue weighted by Crippen LogP contribution is 2.22. The molecule has 2 nitrogen and oxygen atoms in total. The van der Waals surface area contributed by atoms with Crippen molar-refractivity contribution in [2.45, 2.75) is 26.3 Å². The molecule has 0 fully saturated rings. The van der Waals surface area contributed by atoms with Gasteiger partial charge in [-0.2, -0.15) is 11.8 Å². The zero-order valence-electron chi connectivity index (χ0n) is 10.7. The van der Waals surface area contributed by atoms with E-state index >= 15 is 0 Å². The van der Waals surface area contributed by atoms with E-state index in [-0.39, 0.29) is 0 Å². The Labute approximate surface area is 124 Å². The van der Waals surface area contributed by atoms with Crippen LogP contribution in [-0.2, 0) is 0 Å². The van der Waals surface area contributed by atoms with Gasteiger partial charge in [-0.15, -0.1) is 0 Å². The van der Waals surface area contributed by atoms with E-state index in [1.165, 1.54) is 11.5 Å². The first-order valence-corrected chi connectivity index (χ1v) is 7.92. The van der Waals surface area contributed by atoms with Crippen LogP contribution < -0.4 is 11.1 Å². The van der Waals surface area contributed by atoms with Gasteiger partial charge in [0.1, 0.15) is 4.99 Å². The zero-order chi connectivity index (χ0) is 13.5. The molecule has 1 aromatic carbocycles. The molecule has 0 saturated carbocycles. The maximum atomic E-state index is 6.12. The zero-order valence-corrected chi connectivity index (χ0v) is 13.1. The molecule has 18 heavy (non-hydrogen) atoms. The van der Waals surface area contributed by atoms with Crippen LogP contribution in [0.3, 0.4) is 0 Å². The van der Waals surface area contributed by atoms with Gasteiger partial charge in [0.25, 0.3) is 0 Å². The summed E-state index contributed by atoms with van der Waals surface area (Å²) in [6.45, 7) is 4.35. The first-order chi connectivity index (χ1) is 8.54. The van der Waals surface area contributed by atoms with Crippen molar-refractivity contribution < 1.29 is 0 Å². The molecule has 1 atom stereocenters. The third-order valence-corrected chi connectivity index (χ3v) is 4.01. The van der Waals surface area contributed by atoms with Crippen LogP contribution in [0.15, 0.2) is 18.2 Å². The molecule has 1 aromatic rings. The molecule has 0 aromatic heterocycles. The fourth-order valence-electron chi connectivity index (χ4n) is 1.57. The number of anilines is 1. The smallest absolute Gasteiger partial charge is 0.105 e. The molecule has 0 aliphatic rings. The Hall–Kier alpha value is -0.450. The van der Waals surface area contributed by atoms with E-state index in [2.05, 4.69) is 19.2 Å². The first-order valence-electron chi connectivity index (χ1n) is 5.98. The van der Waals surface area contributed by atoms with Gasteiger partial charge < -0.3 is 11.1 Å². The van der Waals surface area contributed by atoms with Crippen molar-refractivity contribution >= 4 is 46.3 Å². The minimum atomic E-state index is 0.332. The lowest BCUT2D eigenvalue weighted by Gasteiger charge is -2.15. The predicted molar refractivity (Wildman–Crippen MR) is 88.0 cm³/mol. The van der Waals surface area contributed by atoms with E-state index in [0.717, 1.165) is 17.7 Å². The molecule has 1 unspecified atom stereocenters. The minimum absolute atomic E-state index is 0.332. The van der Waals surface area contributed by atoms with Crippen LogP contribution in [0.2, 0.25) is 5.02 Å². The third kappa shape index (κ3) is 5.04. The van der Waals surface area contributed by atoms with Crippen molar-refractivity contribution in [2.24, 2.45) is 5.73 Å². The van der Waals surface area contributed by atoms with Crippen LogP contribution in [-0.4, -0.2) is 22.5 Å². The van der Waals surface area contributed by atoms with E-state index in [1.807, 2.05) is 30.0 Å². The van der Waals surface area contributed by atoms with Crippen LogP contribution in [0.4, 0.5) is 5.69 Å². The number of nitrogens with two attached hydrogens (primary N) is 1. The average molecular weight is 303 g/mol. The lowest BCUT2D eigenvalue weighted by molar-refractivity contribution is 0.772. The first kappa shape index (κ1) is 15.6. The van der Waals surface area contributed by atoms with Crippen molar-refractivity contribution in [3.63, 3.8) is 0 Å². The Balaban J connectivity index is 2.57. The third-order valence-electron chi connectivity index (χ3n) is 2.55. The van der Waals surface area contributed by atoms with Gasteiger partial charge in [0, 0.05) is 17.3 Å². The fraction of sp³-hybridized carbons (Fsp3) is 0.462. The number of rotatable bonds is 7. The summed E-state index contributed by atoms with van der Waals surface area (Å²) in [7, 11) is 0. The van der Waals surface area contributed by atoms with Gasteiger partial charge in [-0.05, 0) is 43.0 Å². The Bertz CT molecular complexity index is 410. The molecule has 0 radical (unpaired) electrons. The maximum Gasteiger partial charge on any atom is 0.105 e. The molecule has 0 spiro atoms. The van der Waals surface area contributed by atoms with E-state index in [1.54, 1.807) is 0 Å². The van der Waals surface area contributed by atoms with Crippen LogP contribution >= 0.6 is 35.6 Å². The number of benzene rings is 1. The molecule has 0 amide bonds. The predicted octanol–water partition coefficient (Wildman–Crippen LogP) is 3.92. The molecular formula is C13H19ClN2S2. The van der Waals surface area contributed by atoms with Crippen molar-refractivity contribution in [1.82, 2.24) is 0 Å². The quantitative estimate of drug-likeness (QED) is 0.591. The Morgan fingerprint density at radius 2 is 2.28 bits per heavy atom. The molecule has 0 bridgehead atoms. The topological polar surface area (TPSA) is 38.0 Å². The molecule has 100 valence electrons. The highest BCUT2D eigenvalue weighted by molar-refractivity contribution is 7.99. The molecule has 0 aliphatic heterocycles. The van der Waals surface area contributed by atoms with E-state index in [9.17, 15) is 0 Å². The summed E-state index contributed by atoms with van der Waals surface area (Å²) in [5.74, 6) is 2.34. The number of nitrogens with one attached hydrogen (secondary N) is 1. The standard InChI is InChI=1S/C13H19ClN2S2/c1-3-18-7-6-9(2)16-10-4-5-11(13(15)17)12(14)8-10/h4-5,8-9,16H,3,6-7H2,1-2H3,(H2,15,17). The average Bonchev–Trinajstić information content (AvgIpc) is 2.28. The molecular weight excluding hydrogens is 284 g/mol. The Kier molecular flexibility index (Phi) is 6.82. The van der Waals surface area contributed by atoms with Gasteiger partial charge in [0.05, 0.1) is 5.02 Å². The van der Waals surface area contributed by atoms with E-state index in [4.69, 9.17) is 29.6 Å². The summed E-state index contributed by atoms with van der Waals surface area (Å²) >= 11 is 13.0. The summed E-state index contributed by atoms with van der Waals surface area (Å²) in [5, 5.41) is 4.03. The highest BCUT2D eigenvalue weighted by atomic mass is 35.5. The van der Waals surface area contributed by atoms with Crippen molar-refractivity contribution in [1.29, 1.82) is 0 Å². The van der Waals surface area contributed by atoms with Crippen molar-refractivity contribution in [3.05, 3.63) is 28.8 Å². The van der Waals surface area contributed by atoms with Crippen LogP contribution in [0.5, 0.6) is 0 Å². The summed E-state index contributed by atoms with van der Waals surface area (Å²) in [5.41, 5.74) is 7.31. The number of thiocarbonyl (C=S) groups is 1. The largest absolute Gasteiger partial charge is 0.389 e. The lowest BCUT2D eigenvalue weighted by atomic mass is 10.2. The number of halogens is 1. The lowest BCUT2D eigenvalue weighted by Crippen LogP contribution is -2.16. The second-order valence-corrected chi connectivity index (χ2v) is 6.33. The molecule has 0 heterocycles. The van der Waals surface area contributed by atoms with Crippen molar-refractivity contribution in [3.8, 4) is 0 Å². The van der Waals surface area contributed by atoms with Crippen LogP contribution in [0.1, 0.15) is 25.8 Å².